The van der Waals surface area contributed by atoms with Gasteiger partial charge in [-0.25, -0.2) is 0 Å². The van der Waals surface area contributed by atoms with Crippen molar-refractivity contribution in [2.45, 2.75) is 18.8 Å². The zero-order valence-corrected chi connectivity index (χ0v) is 12.7. The summed E-state index contributed by atoms with van der Waals surface area (Å²) in [6.45, 7) is 0.624. The van der Waals surface area contributed by atoms with E-state index in [1.807, 2.05) is 24.3 Å². The number of hydrogen-bond acceptors (Lipinski definition) is 4. The van der Waals surface area contributed by atoms with E-state index < -0.39 is 0 Å². The quantitative estimate of drug-likeness (QED) is 0.871. The van der Waals surface area contributed by atoms with Gasteiger partial charge in [-0.2, -0.15) is 0 Å². The predicted octanol–water partition coefficient (Wildman–Crippen LogP) is 3.34. The van der Waals surface area contributed by atoms with E-state index in [0.29, 0.717) is 6.61 Å². The lowest BCUT2D eigenvalue weighted by Gasteiger charge is -2.27. The number of benzene rings is 2. The molecule has 2 aliphatic rings. The van der Waals surface area contributed by atoms with Crippen molar-refractivity contribution < 1.29 is 18.9 Å². The highest BCUT2D eigenvalue weighted by molar-refractivity contribution is 5.74. The Morgan fingerprint density at radius 3 is 2.64 bits per heavy atom. The molecule has 0 spiro atoms. The van der Waals surface area contributed by atoms with Gasteiger partial charge in [-0.1, -0.05) is 30.3 Å². The molecule has 2 aliphatic heterocycles. The molecule has 2 heterocycles. The third kappa shape index (κ3) is 1.99. The first-order chi connectivity index (χ1) is 10.8. The van der Waals surface area contributed by atoms with Crippen molar-refractivity contribution in [1.29, 1.82) is 0 Å². The summed E-state index contributed by atoms with van der Waals surface area (Å²) in [5.41, 5.74) is 4.41. The number of rotatable bonds is 3. The van der Waals surface area contributed by atoms with Crippen LogP contribution in [-0.2, 0) is 15.9 Å². The van der Waals surface area contributed by atoms with E-state index in [2.05, 4.69) is 12.1 Å². The van der Waals surface area contributed by atoms with Crippen molar-refractivity contribution in [1.82, 2.24) is 0 Å². The fourth-order valence-electron chi connectivity index (χ4n) is 3.35. The van der Waals surface area contributed by atoms with E-state index in [0.717, 1.165) is 40.2 Å². The molecular formula is C18H18O4. The van der Waals surface area contributed by atoms with Crippen molar-refractivity contribution in [3.05, 3.63) is 47.5 Å². The van der Waals surface area contributed by atoms with Crippen molar-refractivity contribution in [2.24, 2.45) is 0 Å². The SMILES string of the molecule is COc1cc(-c2ccccc2)c2c(c1OC)C[C@@H]1CO[C@H]2O1. The lowest BCUT2D eigenvalue weighted by atomic mass is 9.90. The van der Waals surface area contributed by atoms with Crippen molar-refractivity contribution >= 4 is 0 Å². The maximum absolute atomic E-state index is 5.94. The van der Waals surface area contributed by atoms with Crippen LogP contribution in [0, 0.1) is 0 Å². The number of fused-ring (bicyclic) bond motifs is 4. The molecule has 0 unspecified atom stereocenters. The Morgan fingerprint density at radius 1 is 1.09 bits per heavy atom. The first-order valence-electron chi connectivity index (χ1n) is 7.42. The number of hydrogen-bond donors (Lipinski definition) is 0. The van der Waals surface area contributed by atoms with Crippen molar-refractivity contribution in [2.75, 3.05) is 20.8 Å². The minimum atomic E-state index is -0.316. The summed E-state index contributed by atoms with van der Waals surface area (Å²) < 4.78 is 22.9. The van der Waals surface area contributed by atoms with Gasteiger partial charge in [-0.15, -0.1) is 0 Å². The van der Waals surface area contributed by atoms with Crippen molar-refractivity contribution in [3.8, 4) is 22.6 Å². The molecule has 2 atom stereocenters. The summed E-state index contributed by atoms with van der Waals surface area (Å²) in [5.74, 6) is 1.54. The molecule has 2 bridgehead atoms. The van der Waals surface area contributed by atoms with Gasteiger partial charge in [-0.05, 0) is 17.2 Å². The second kappa shape index (κ2) is 5.30. The molecule has 1 fully saturated rings. The monoisotopic (exact) mass is 298 g/mol. The van der Waals surface area contributed by atoms with Crippen LogP contribution in [0.3, 0.4) is 0 Å². The fourth-order valence-corrected chi connectivity index (χ4v) is 3.35. The average molecular weight is 298 g/mol. The van der Waals surface area contributed by atoms with Crippen LogP contribution in [0.25, 0.3) is 11.1 Å². The predicted molar refractivity (Wildman–Crippen MR) is 82.3 cm³/mol. The highest BCUT2D eigenvalue weighted by atomic mass is 16.7. The largest absolute Gasteiger partial charge is 0.493 e. The molecule has 0 aliphatic carbocycles. The molecule has 1 saturated heterocycles. The van der Waals surface area contributed by atoms with Crippen LogP contribution >= 0.6 is 0 Å². The molecule has 4 rings (SSSR count). The first-order valence-corrected chi connectivity index (χ1v) is 7.42. The maximum Gasteiger partial charge on any atom is 0.185 e. The minimum Gasteiger partial charge on any atom is -0.493 e. The Kier molecular flexibility index (Phi) is 3.28. The summed E-state index contributed by atoms with van der Waals surface area (Å²) in [6, 6.07) is 12.2. The molecule has 2 aromatic carbocycles. The van der Waals surface area contributed by atoms with Crippen LogP contribution in [0.1, 0.15) is 17.4 Å². The lowest BCUT2D eigenvalue weighted by molar-refractivity contribution is -0.0676. The van der Waals surface area contributed by atoms with E-state index in [-0.39, 0.29) is 12.4 Å². The van der Waals surface area contributed by atoms with Gasteiger partial charge in [0, 0.05) is 17.5 Å². The van der Waals surface area contributed by atoms with Gasteiger partial charge >= 0.3 is 0 Å². The minimum absolute atomic E-state index is 0.0992. The Bertz CT molecular complexity index is 696. The van der Waals surface area contributed by atoms with Gasteiger partial charge in [0.05, 0.1) is 26.9 Å². The van der Waals surface area contributed by atoms with Crippen LogP contribution < -0.4 is 9.47 Å². The van der Waals surface area contributed by atoms with E-state index >= 15 is 0 Å². The van der Waals surface area contributed by atoms with Gasteiger partial charge in [0.1, 0.15) is 0 Å². The van der Waals surface area contributed by atoms with Gasteiger partial charge in [-0.3, -0.25) is 0 Å². The van der Waals surface area contributed by atoms with Crippen molar-refractivity contribution in [3.63, 3.8) is 0 Å². The summed E-state index contributed by atoms with van der Waals surface area (Å²) in [6.07, 6.45) is 0.567. The maximum atomic E-state index is 5.94. The van der Waals surface area contributed by atoms with Crippen LogP contribution in [0.15, 0.2) is 36.4 Å². The Labute approximate surface area is 129 Å². The Hall–Kier alpha value is -2.04. The van der Waals surface area contributed by atoms with Gasteiger partial charge < -0.3 is 18.9 Å². The zero-order valence-electron chi connectivity index (χ0n) is 12.7. The lowest BCUT2D eigenvalue weighted by Crippen LogP contribution is -2.21. The van der Waals surface area contributed by atoms with Gasteiger partial charge in [0.25, 0.3) is 0 Å². The van der Waals surface area contributed by atoms with E-state index in [1.54, 1.807) is 14.2 Å². The first kappa shape index (κ1) is 13.6. The molecule has 4 nitrogen and oxygen atoms in total. The second-order valence-corrected chi connectivity index (χ2v) is 5.55. The molecule has 0 N–H and O–H groups in total. The zero-order chi connectivity index (χ0) is 15.1. The standard InChI is InChI=1S/C18H18O4/c1-19-15-9-13(11-6-4-3-5-7-11)16-14(17(15)20-2)8-12-10-21-18(16)22-12/h3-7,9,12,18H,8,10H2,1-2H3/t12-,18+/m1/s1. The highest BCUT2D eigenvalue weighted by Crippen LogP contribution is 2.49. The van der Waals surface area contributed by atoms with E-state index in [9.17, 15) is 0 Å². The molecule has 0 aromatic heterocycles. The molecule has 22 heavy (non-hydrogen) atoms. The van der Waals surface area contributed by atoms with Crippen LogP contribution in [0.5, 0.6) is 11.5 Å². The third-order valence-electron chi connectivity index (χ3n) is 4.31. The molecular weight excluding hydrogens is 280 g/mol. The van der Waals surface area contributed by atoms with Crippen LogP contribution in [0.2, 0.25) is 0 Å². The number of ether oxygens (including phenoxy) is 4. The second-order valence-electron chi connectivity index (χ2n) is 5.55. The van der Waals surface area contributed by atoms with E-state index in [1.165, 1.54) is 0 Å². The molecule has 4 heteroatoms. The fraction of sp³-hybridized carbons (Fsp3) is 0.333. The van der Waals surface area contributed by atoms with Gasteiger partial charge in [0.2, 0.25) is 0 Å². The summed E-state index contributed by atoms with van der Waals surface area (Å²) in [5, 5.41) is 0. The smallest absolute Gasteiger partial charge is 0.185 e. The van der Waals surface area contributed by atoms with Gasteiger partial charge in [0.15, 0.2) is 17.8 Å². The highest BCUT2D eigenvalue weighted by Gasteiger charge is 2.39. The molecule has 114 valence electrons. The normalized spacial score (nSPS) is 22.3. The molecule has 2 aromatic rings. The molecule has 0 amide bonds. The van der Waals surface area contributed by atoms with Crippen LogP contribution in [0.4, 0.5) is 0 Å². The Morgan fingerprint density at radius 2 is 1.91 bits per heavy atom. The number of methoxy groups -OCH3 is 2. The Balaban J connectivity index is 1.99. The topological polar surface area (TPSA) is 36.9 Å². The summed E-state index contributed by atoms with van der Waals surface area (Å²) in [7, 11) is 3.35. The third-order valence-corrected chi connectivity index (χ3v) is 4.31. The van der Waals surface area contributed by atoms with Crippen LogP contribution in [-0.4, -0.2) is 26.9 Å². The summed E-state index contributed by atoms with van der Waals surface area (Å²) in [4.78, 5) is 0. The van der Waals surface area contributed by atoms with E-state index in [4.69, 9.17) is 18.9 Å². The average Bonchev–Trinajstić information content (AvgIpc) is 2.95. The molecule has 0 radical (unpaired) electrons. The summed E-state index contributed by atoms with van der Waals surface area (Å²) >= 11 is 0. The molecule has 0 saturated carbocycles.